The van der Waals surface area contributed by atoms with E-state index < -0.39 is 218 Å². The molecule has 0 aromatic heterocycles. The number of hydrogen-bond acceptors (Lipinski definition) is 28. The third kappa shape index (κ3) is 13.8. The van der Waals surface area contributed by atoms with Crippen LogP contribution in [0.15, 0.2) is 23.3 Å². The molecule has 0 aromatic rings. The summed E-state index contributed by atoms with van der Waals surface area (Å²) in [5.41, 5.74) is -6.23. The summed E-state index contributed by atoms with van der Waals surface area (Å²) in [6, 6.07) is 0. The molecular formula is C67H110O28. The summed E-state index contributed by atoms with van der Waals surface area (Å²) in [5, 5.41) is 102. The van der Waals surface area contributed by atoms with Gasteiger partial charge in [0.1, 0.15) is 90.1 Å². The predicted octanol–water partition coefficient (Wildman–Crippen LogP) is 1.61. The van der Waals surface area contributed by atoms with Crippen LogP contribution in [0.3, 0.4) is 0 Å². The van der Waals surface area contributed by atoms with E-state index in [1.807, 2.05) is 26.8 Å². The van der Waals surface area contributed by atoms with Gasteiger partial charge >= 0.3 is 5.97 Å². The zero-order valence-electron chi connectivity index (χ0n) is 57.7. The van der Waals surface area contributed by atoms with Crippen molar-refractivity contribution in [2.45, 2.75) is 335 Å². The van der Waals surface area contributed by atoms with E-state index in [9.17, 15) is 50.8 Å². The highest BCUT2D eigenvalue weighted by atomic mass is 16.8. The lowest BCUT2D eigenvalue weighted by molar-refractivity contribution is -0.374. The van der Waals surface area contributed by atoms with E-state index in [0.717, 1.165) is 5.57 Å². The maximum atomic E-state index is 13.5. The van der Waals surface area contributed by atoms with Gasteiger partial charge in [-0.25, -0.2) is 4.79 Å². The third-order valence-electron chi connectivity index (χ3n) is 23.7. The molecule has 0 spiro atoms. The Bertz CT molecular complexity index is 2620. The number of aliphatic hydroxyl groups excluding tert-OH is 6. The second-order valence-corrected chi connectivity index (χ2v) is 28.8. The molecule has 6 saturated heterocycles. The van der Waals surface area contributed by atoms with Crippen LogP contribution >= 0.6 is 0 Å². The monoisotopic (exact) mass is 1360 g/mol. The highest BCUT2D eigenvalue weighted by Crippen LogP contribution is 2.71. The number of rotatable bonds is 21. The van der Waals surface area contributed by atoms with Crippen LogP contribution in [0.4, 0.5) is 0 Å². The largest absolute Gasteiger partial charge is 0.458 e. The summed E-state index contributed by atoms with van der Waals surface area (Å²) in [6.45, 7) is 17.1. The summed E-state index contributed by atoms with van der Waals surface area (Å²) >= 11 is 0. The van der Waals surface area contributed by atoms with E-state index in [2.05, 4.69) is 6.92 Å². The Morgan fingerprint density at radius 1 is 0.589 bits per heavy atom. The van der Waals surface area contributed by atoms with Gasteiger partial charge in [0.15, 0.2) is 37.7 Å². The molecule has 95 heavy (non-hydrogen) atoms. The summed E-state index contributed by atoms with van der Waals surface area (Å²) < 4.78 is 113. The van der Waals surface area contributed by atoms with Crippen LogP contribution in [-0.4, -0.2) is 289 Å². The van der Waals surface area contributed by atoms with Crippen LogP contribution in [0.2, 0.25) is 0 Å². The van der Waals surface area contributed by atoms with Crippen LogP contribution < -0.4 is 0 Å². The van der Waals surface area contributed by atoms with Crippen LogP contribution in [0.25, 0.3) is 0 Å². The van der Waals surface area contributed by atoms with Crippen LogP contribution in [0.5, 0.6) is 0 Å². The fourth-order valence-electron chi connectivity index (χ4n) is 17.8. The Morgan fingerprint density at radius 3 is 1.52 bits per heavy atom. The van der Waals surface area contributed by atoms with Gasteiger partial charge in [-0.15, -0.1) is 0 Å². The molecule has 28 heteroatoms. The van der Waals surface area contributed by atoms with Crippen molar-refractivity contribution in [2.24, 2.45) is 16.7 Å². The van der Waals surface area contributed by atoms with Gasteiger partial charge < -0.3 is 131 Å². The normalized spacial score (nSPS) is 51.6. The lowest BCUT2D eigenvalue weighted by Gasteiger charge is -2.67. The van der Waals surface area contributed by atoms with E-state index in [0.29, 0.717) is 44.1 Å². The van der Waals surface area contributed by atoms with Crippen LogP contribution in [-0.2, 0) is 90.1 Å². The zero-order chi connectivity index (χ0) is 69.2. The molecule has 0 radical (unpaired) electrons. The Labute approximate surface area is 557 Å². The van der Waals surface area contributed by atoms with Gasteiger partial charge in [0.05, 0.1) is 79.2 Å². The average Bonchev–Trinajstić information content (AvgIpc) is 1.59. The highest BCUT2D eigenvalue weighted by Gasteiger charge is 2.81. The van der Waals surface area contributed by atoms with Gasteiger partial charge in [0.25, 0.3) is 0 Å². The third-order valence-corrected chi connectivity index (χ3v) is 23.7. The first kappa shape index (κ1) is 75.6. The summed E-state index contributed by atoms with van der Waals surface area (Å²) in [6.07, 6.45) is -18.6. The topological polar surface area (TPSA) is 365 Å². The van der Waals surface area contributed by atoms with Gasteiger partial charge in [0.2, 0.25) is 0 Å². The minimum atomic E-state index is -1.91. The van der Waals surface area contributed by atoms with Crippen molar-refractivity contribution in [1.82, 2.24) is 0 Å². The minimum Gasteiger partial charge on any atom is -0.458 e. The number of ether oxygens (including phenoxy) is 18. The molecule has 10 rings (SSSR count). The van der Waals surface area contributed by atoms with Crippen molar-refractivity contribution in [3.63, 3.8) is 0 Å². The number of fused-ring (bicyclic) bond motifs is 5. The van der Waals surface area contributed by atoms with Crippen molar-refractivity contribution >= 4 is 5.97 Å². The minimum absolute atomic E-state index is 0.00780. The lowest BCUT2D eigenvalue weighted by atomic mass is 9.42. The average molecular weight is 1360 g/mol. The highest BCUT2D eigenvalue weighted by molar-refractivity contribution is 5.87. The van der Waals surface area contributed by atoms with Crippen molar-refractivity contribution < 1.29 is 136 Å². The van der Waals surface area contributed by atoms with E-state index in [-0.39, 0.29) is 38.2 Å². The van der Waals surface area contributed by atoms with E-state index in [4.69, 9.17) is 85.3 Å². The molecule has 4 aliphatic carbocycles. The van der Waals surface area contributed by atoms with Gasteiger partial charge in [-0.3, -0.25) is 0 Å². The number of carbonyl (C=O) groups excluding carboxylic acids is 1. The number of esters is 1. The number of aliphatic hydroxyl groups is 9. The first-order valence-electron chi connectivity index (χ1n) is 34.1. The number of carbonyl (C=O) groups is 1. The second kappa shape index (κ2) is 30.1. The summed E-state index contributed by atoms with van der Waals surface area (Å²) in [7, 11) is 7.74. The SMILES string of the molecule is C/C=C(\C)C(=O)O[C@@H]1C[C@@H]2[C@@]3(C)CC[C@H](O[C@H]4C[C@H](OC)[C@H](O[C@H]5C[C@H](OC)[C@H](O[C@H]6C[C@@H](OC)[C@H](O[C@H]7C[C@@H](OC)[C@H](O[C@@H]8O[C@H](C)[C@@H](O[C@@H]9O[C@H](CO)[C@@H](O)[C@H](O)[C@H]9O)[C@H](OC)[C@H]8O)[C@@H](C)O7)[C@@H](C)O6)[C@@H](C)O5)[C@@H](C)O4)CC3=CC[C@@]2(O)[C@]2(O)CC[C@@](O)([C@H](C)O)[C@@]12C. The molecule has 0 amide bonds. The van der Waals surface area contributed by atoms with E-state index in [1.165, 1.54) is 21.1 Å². The summed E-state index contributed by atoms with van der Waals surface area (Å²) in [4.78, 5) is 13.5. The molecule has 35 atom stereocenters. The predicted molar refractivity (Wildman–Crippen MR) is 329 cm³/mol. The number of methoxy groups -OCH3 is 5. The Balaban J connectivity index is 0.702. The van der Waals surface area contributed by atoms with Crippen molar-refractivity contribution in [1.29, 1.82) is 0 Å². The maximum Gasteiger partial charge on any atom is 0.333 e. The van der Waals surface area contributed by atoms with Gasteiger partial charge in [-0.05, 0) is 106 Å². The zero-order valence-corrected chi connectivity index (χ0v) is 57.7. The quantitative estimate of drug-likeness (QED) is 0.0448. The molecule has 546 valence electrons. The van der Waals surface area contributed by atoms with Crippen molar-refractivity contribution in [2.75, 3.05) is 42.2 Å². The second-order valence-electron chi connectivity index (χ2n) is 28.8. The van der Waals surface area contributed by atoms with Crippen LogP contribution in [0, 0.1) is 16.7 Å². The standard InChI is InChI=1S/C67H110O28/c1-16-30(2)60(74)90-45-28-44-63(9)19-18-38(23-37(63)17-20-66(44,76)67(77)22-21-65(75,36(8)69)64(45,67)10)88-46-24-39(78-11)54(31(3)83-46)91-47-25-40(79-12)55(32(4)84-47)92-48-26-41(80-13)56(33(5)85-48)93-49-27-42(81-14)57(34(6)86-49)94-62-53(73)59(82-15)58(35(7)87-62)95-61-52(72)51(71)50(70)43(29-68)89-61/h16-17,31-36,38-59,61-62,68-73,75-77H,18-29H2,1-15H3/b30-16+/t31-,32-,33-,34-,35-,36+,38+,39+,40+,41-,42-,43-,44-,45-,46+,47+,48+,49+,50-,51+,52-,53-,54-,55-,56-,57-,58-,59-,61+,62+,63+,64-,65-,66+,67+/m1/s1. The maximum absolute atomic E-state index is 13.5. The molecular weight excluding hydrogens is 1250 g/mol. The van der Waals surface area contributed by atoms with Crippen molar-refractivity contribution in [3.05, 3.63) is 23.3 Å². The molecule has 28 nitrogen and oxygen atoms in total. The molecule has 6 aliphatic heterocycles. The molecule has 3 saturated carbocycles. The molecule has 10 aliphatic rings. The summed E-state index contributed by atoms with van der Waals surface area (Å²) in [5.74, 6) is -1.14. The Morgan fingerprint density at radius 2 is 1.05 bits per heavy atom. The molecule has 9 fully saturated rings. The smallest absolute Gasteiger partial charge is 0.333 e. The first-order valence-corrected chi connectivity index (χ1v) is 34.1. The number of allylic oxidation sites excluding steroid dienone is 1. The molecule has 0 bridgehead atoms. The van der Waals surface area contributed by atoms with Gasteiger partial charge in [-0.2, -0.15) is 0 Å². The lowest BCUT2D eigenvalue weighted by Crippen LogP contribution is -2.78. The van der Waals surface area contributed by atoms with Crippen LogP contribution in [0.1, 0.15) is 140 Å². The first-order chi connectivity index (χ1) is 44.9. The van der Waals surface area contributed by atoms with E-state index >= 15 is 0 Å². The van der Waals surface area contributed by atoms with Crippen molar-refractivity contribution in [3.8, 4) is 0 Å². The Hall–Kier alpha value is -2.09. The number of hydrogen-bond donors (Lipinski definition) is 9. The molecule has 9 N–H and O–H groups in total. The Kier molecular flexibility index (Phi) is 23.9. The van der Waals surface area contributed by atoms with Gasteiger partial charge in [-0.1, -0.05) is 31.6 Å². The fraction of sp³-hybridized carbons (Fsp3) is 0.925. The molecule has 0 unspecified atom stereocenters. The molecule has 0 aromatic carbocycles. The molecule has 6 heterocycles. The van der Waals surface area contributed by atoms with E-state index in [1.54, 1.807) is 62.0 Å². The fourth-order valence-corrected chi connectivity index (χ4v) is 17.8. The van der Waals surface area contributed by atoms with Gasteiger partial charge in [0, 0.05) is 72.7 Å².